The number of benzene rings is 1. The maximum atomic E-state index is 13.5. The third-order valence-corrected chi connectivity index (χ3v) is 3.78. The SMILES string of the molecule is CCOC(=O)CC1C(=O)NCCN1Cc1ccc(Cl)c(F)c1. The van der Waals surface area contributed by atoms with E-state index in [0.717, 1.165) is 0 Å². The second-order valence-corrected chi connectivity index (χ2v) is 5.44. The summed E-state index contributed by atoms with van der Waals surface area (Å²) >= 11 is 5.66. The first kappa shape index (κ1) is 16.7. The van der Waals surface area contributed by atoms with Crippen LogP contribution >= 0.6 is 11.6 Å². The highest BCUT2D eigenvalue weighted by Gasteiger charge is 2.32. The number of piperazine rings is 1. The lowest BCUT2D eigenvalue weighted by Crippen LogP contribution is -2.55. The van der Waals surface area contributed by atoms with Gasteiger partial charge in [0.25, 0.3) is 0 Å². The van der Waals surface area contributed by atoms with Gasteiger partial charge in [-0.2, -0.15) is 0 Å². The molecule has 5 nitrogen and oxygen atoms in total. The number of nitrogens with one attached hydrogen (secondary N) is 1. The Labute approximate surface area is 133 Å². The molecule has 0 aromatic heterocycles. The van der Waals surface area contributed by atoms with Crippen LogP contribution in [-0.2, 0) is 20.9 Å². The number of rotatable bonds is 5. The van der Waals surface area contributed by atoms with E-state index < -0.39 is 17.8 Å². The molecule has 1 atom stereocenters. The van der Waals surface area contributed by atoms with Crippen molar-refractivity contribution in [1.82, 2.24) is 10.2 Å². The van der Waals surface area contributed by atoms with E-state index in [2.05, 4.69) is 5.32 Å². The summed E-state index contributed by atoms with van der Waals surface area (Å²) < 4.78 is 18.4. The molecular formula is C15H18ClFN2O3. The van der Waals surface area contributed by atoms with Crippen LogP contribution in [-0.4, -0.2) is 42.5 Å². The number of carbonyl (C=O) groups excluding carboxylic acids is 2. The first-order valence-corrected chi connectivity index (χ1v) is 7.50. The maximum absolute atomic E-state index is 13.5. The van der Waals surface area contributed by atoms with E-state index in [-0.39, 0.29) is 24.0 Å². The third kappa shape index (κ3) is 4.18. The molecule has 1 aromatic rings. The lowest BCUT2D eigenvalue weighted by atomic mass is 10.1. The Morgan fingerprint density at radius 2 is 2.32 bits per heavy atom. The molecule has 0 aliphatic carbocycles. The van der Waals surface area contributed by atoms with Crippen molar-refractivity contribution < 1.29 is 18.7 Å². The molecule has 1 aromatic carbocycles. The van der Waals surface area contributed by atoms with Crippen molar-refractivity contribution in [3.8, 4) is 0 Å². The lowest BCUT2D eigenvalue weighted by molar-refractivity contribution is -0.148. The highest BCUT2D eigenvalue weighted by molar-refractivity contribution is 6.30. The van der Waals surface area contributed by atoms with Gasteiger partial charge in [-0.25, -0.2) is 4.39 Å². The molecule has 2 rings (SSSR count). The van der Waals surface area contributed by atoms with E-state index in [1.54, 1.807) is 13.0 Å². The highest BCUT2D eigenvalue weighted by Crippen LogP contribution is 2.19. The first-order chi connectivity index (χ1) is 10.5. The Morgan fingerprint density at radius 1 is 1.55 bits per heavy atom. The van der Waals surface area contributed by atoms with Gasteiger partial charge in [0.15, 0.2) is 0 Å². The van der Waals surface area contributed by atoms with Crippen molar-refractivity contribution in [2.24, 2.45) is 0 Å². The first-order valence-electron chi connectivity index (χ1n) is 7.12. The van der Waals surface area contributed by atoms with Crippen LogP contribution in [0.4, 0.5) is 4.39 Å². The lowest BCUT2D eigenvalue weighted by Gasteiger charge is -2.34. The largest absolute Gasteiger partial charge is 0.466 e. The van der Waals surface area contributed by atoms with E-state index in [0.29, 0.717) is 25.2 Å². The summed E-state index contributed by atoms with van der Waals surface area (Å²) in [6, 6.07) is 3.93. The molecule has 120 valence electrons. The maximum Gasteiger partial charge on any atom is 0.307 e. The van der Waals surface area contributed by atoms with E-state index in [1.165, 1.54) is 12.1 Å². The summed E-state index contributed by atoms with van der Waals surface area (Å²) in [6.07, 6.45) is -0.0181. The van der Waals surface area contributed by atoms with Gasteiger partial charge in [-0.05, 0) is 24.6 Å². The molecule has 0 bridgehead atoms. The van der Waals surface area contributed by atoms with Gasteiger partial charge in [0.2, 0.25) is 5.91 Å². The summed E-state index contributed by atoms with van der Waals surface area (Å²) in [7, 11) is 0. The molecule has 0 radical (unpaired) electrons. The van der Waals surface area contributed by atoms with E-state index in [9.17, 15) is 14.0 Å². The molecular weight excluding hydrogens is 311 g/mol. The van der Waals surface area contributed by atoms with Gasteiger partial charge in [0.05, 0.1) is 18.1 Å². The summed E-state index contributed by atoms with van der Waals surface area (Å²) in [5.41, 5.74) is 0.699. The fourth-order valence-corrected chi connectivity index (χ4v) is 2.54. The number of esters is 1. The number of carbonyl (C=O) groups is 2. The number of nitrogens with zero attached hydrogens (tertiary/aromatic N) is 1. The smallest absolute Gasteiger partial charge is 0.307 e. The number of amides is 1. The summed E-state index contributed by atoms with van der Waals surface area (Å²) in [5, 5.41) is 2.79. The Morgan fingerprint density at radius 3 is 3.00 bits per heavy atom. The van der Waals surface area contributed by atoms with Gasteiger partial charge in [0.1, 0.15) is 11.9 Å². The summed E-state index contributed by atoms with van der Waals surface area (Å²) in [6.45, 7) is 3.43. The van der Waals surface area contributed by atoms with Crippen LogP contribution in [0.3, 0.4) is 0 Å². The summed E-state index contributed by atoms with van der Waals surface area (Å²) in [4.78, 5) is 25.5. The van der Waals surface area contributed by atoms with Crippen LogP contribution in [0, 0.1) is 5.82 Å². The van der Waals surface area contributed by atoms with Crippen molar-refractivity contribution in [3.05, 3.63) is 34.6 Å². The number of ether oxygens (including phenoxy) is 1. The van der Waals surface area contributed by atoms with Gasteiger partial charge in [-0.15, -0.1) is 0 Å². The fraction of sp³-hybridized carbons (Fsp3) is 0.467. The zero-order chi connectivity index (χ0) is 16.1. The average molecular weight is 329 g/mol. The van der Waals surface area contributed by atoms with Gasteiger partial charge in [-0.1, -0.05) is 17.7 Å². The van der Waals surface area contributed by atoms with Gasteiger partial charge in [-0.3, -0.25) is 14.5 Å². The minimum atomic E-state index is -0.605. The van der Waals surface area contributed by atoms with Crippen molar-refractivity contribution in [2.45, 2.75) is 25.9 Å². The summed E-state index contributed by atoms with van der Waals surface area (Å²) in [5.74, 6) is -1.13. The second-order valence-electron chi connectivity index (χ2n) is 5.03. The normalized spacial score (nSPS) is 18.9. The van der Waals surface area contributed by atoms with Gasteiger partial charge >= 0.3 is 5.97 Å². The molecule has 22 heavy (non-hydrogen) atoms. The van der Waals surface area contributed by atoms with Gasteiger partial charge < -0.3 is 10.1 Å². The Hall–Kier alpha value is -1.66. The van der Waals surface area contributed by atoms with Crippen LogP contribution in [0.2, 0.25) is 5.02 Å². The van der Waals surface area contributed by atoms with Crippen LogP contribution in [0.1, 0.15) is 18.9 Å². The highest BCUT2D eigenvalue weighted by atomic mass is 35.5. The molecule has 1 amide bonds. The monoisotopic (exact) mass is 328 g/mol. The van der Waals surface area contributed by atoms with Crippen molar-refractivity contribution in [2.75, 3.05) is 19.7 Å². The fourth-order valence-electron chi connectivity index (χ4n) is 2.42. The van der Waals surface area contributed by atoms with Crippen molar-refractivity contribution >= 4 is 23.5 Å². The number of hydrogen-bond acceptors (Lipinski definition) is 4. The Kier molecular flexibility index (Phi) is 5.74. The minimum absolute atomic E-state index is 0.0181. The molecule has 1 unspecified atom stereocenters. The van der Waals surface area contributed by atoms with Crippen molar-refractivity contribution in [1.29, 1.82) is 0 Å². The topological polar surface area (TPSA) is 58.6 Å². The minimum Gasteiger partial charge on any atom is -0.466 e. The zero-order valence-corrected chi connectivity index (χ0v) is 13.0. The molecule has 1 aliphatic rings. The molecule has 1 heterocycles. The number of halogens is 2. The predicted octanol–water partition coefficient (Wildman–Crippen LogP) is 1.73. The van der Waals surface area contributed by atoms with Gasteiger partial charge in [0, 0.05) is 19.6 Å². The van der Waals surface area contributed by atoms with E-state index >= 15 is 0 Å². The molecule has 1 aliphatic heterocycles. The zero-order valence-electron chi connectivity index (χ0n) is 12.3. The van der Waals surface area contributed by atoms with Crippen LogP contribution in [0.5, 0.6) is 0 Å². The molecule has 0 spiro atoms. The quantitative estimate of drug-likeness (QED) is 0.836. The molecule has 1 saturated heterocycles. The average Bonchev–Trinajstić information content (AvgIpc) is 2.47. The molecule has 1 N–H and O–H groups in total. The van der Waals surface area contributed by atoms with E-state index in [4.69, 9.17) is 16.3 Å². The molecule has 0 saturated carbocycles. The Balaban J connectivity index is 2.09. The van der Waals surface area contributed by atoms with Crippen LogP contribution < -0.4 is 5.32 Å². The van der Waals surface area contributed by atoms with Crippen LogP contribution in [0.25, 0.3) is 0 Å². The second kappa shape index (κ2) is 7.56. The number of hydrogen-bond donors (Lipinski definition) is 1. The van der Waals surface area contributed by atoms with Crippen LogP contribution in [0.15, 0.2) is 18.2 Å². The van der Waals surface area contributed by atoms with Crippen molar-refractivity contribution in [3.63, 3.8) is 0 Å². The Bertz CT molecular complexity index is 568. The predicted molar refractivity (Wildman–Crippen MR) is 79.9 cm³/mol. The molecule has 7 heteroatoms. The van der Waals surface area contributed by atoms with E-state index in [1.807, 2.05) is 4.90 Å². The molecule has 1 fully saturated rings. The standard InChI is InChI=1S/C15H18ClFN2O3/c1-2-22-14(20)8-13-15(21)18-5-6-19(13)9-10-3-4-11(16)12(17)7-10/h3-4,7,13H,2,5-6,8-9H2,1H3,(H,18,21). The third-order valence-electron chi connectivity index (χ3n) is 3.48.